The standard InChI is InChI=1S/C19H18O2/c1-19(2)11-10-15(13-6-4-3-5-7-13)16-12-14(18(20)21)8-9-17(16)19/h3-10,12H,11H2,1-2H3,(H,20,21). The molecule has 2 aromatic rings. The van der Waals surface area contributed by atoms with Crippen molar-refractivity contribution < 1.29 is 9.90 Å². The second kappa shape index (κ2) is 4.88. The molecule has 1 aliphatic rings. The van der Waals surface area contributed by atoms with Crippen molar-refractivity contribution in [3.8, 4) is 0 Å². The normalized spacial score (nSPS) is 16.0. The van der Waals surface area contributed by atoms with Gasteiger partial charge in [-0.3, -0.25) is 0 Å². The van der Waals surface area contributed by atoms with E-state index in [1.54, 1.807) is 12.1 Å². The average Bonchev–Trinajstić information content (AvgIpc) is 2.47. The first-order valence-electron chi connectivity index (χ1n) is 7.13. The Bertz CT molecular complexity index is 724. The maximum absolute atomic E-state index is 11.3. The summed E-state index contributed by atoms with van der Waals surface area (Å²) in [4.78, 5) is 11.3. The minimum Gasteiger partial charge on any atom is -0.478 e. The predicted octanol–water partition coefficient (Wildman–Crippen LogP) is 4.50. The van der Waals surface area contributed by atoms with Crippen molar-refractivity contribution >= 4 is 11.5 Å². The van der Waals surface area contributed by atoms with E-state index in [0.717, 1.165) is 23.1 Å². The number of carboxylic acids is 1. The van der Waals surface area contributed by atoms with Gasteiger partial charge in [0.15, 0.2) is 0 Å². The highest BCUT2D eigenvalue weighted by atomic mass is 16.4. The molecule has 0 bridgehead atoms. The van der Waals surface area contributed by atoms with Crippen molar-refractivity contribution in [2.24, 2.45) is 0 Å². The molecule has 0 fully saturated rings. The summed E-state index contributed by atoms with van der Waals surface area (Å²) >= 11 is 0. The van der Waals surface area contributed by atoms with Crippen molar-refractivity contribution in [1.29, 1.82) is 0 Å². The maximum Gasteiger partial charge on any atom is 0.335 e. The van der Waals surface area contributed by atoms with Crippen LogP contribution in [0.5, 0.6) is 0 Å². The number of benzene rings is 2. The third kappa shape index (κ3) is 2.38. The van der Waals surface area contributed by atoms with Gasteiger partial charge in [0, 0.05) is 0 Å². The molecule has 2 aromatic carbocycles. The Labute approximate surface area is 124 Å². The van der Waals surface area contributed by atoms with Crippen molar-refractivity contribution in [1.82, 2.24) is 0 Å². The lowest BCUT2D eigenvalue weighted by molar-refractivity contribution is 0.0697. The van der Waals surface area contributed by atoms with Crippen LogP contribution in [0.15, 0.2) is 54.6 Å². The molecule has 2 nitrogen and oxygen atoms in total. The Morgan fingerprint density at radius 3 is 2.48 bits per heavy atom. The number of carboxylic acid groups (broad SMARTS) is 1. The molecule has 106 valence electrons. The van der Waals surface area contributed by atoms with Gasteiger partial charge in [-0.1, -0.05) is 56.3 Å². The molecule has 0 unspecified atom stereocenters. The SMILES string of the molecule is CC1(C)CC=C(c2ccccc2)c2cc(C(=O)O)ccc21. The zero-order valence-electron chi connectivity index (χ0n) is 12.3. The molecule has 0 saturated heterocycles. The van der Waals surface area contributed by atoms with Gasteiger partial charge in [0.1, 0.15) is 0 Å². The third-order valence-corrected chi connectivity index (χ3v) is 4.19. The Morgan fingerprint density at radius 2 is 1.81 bits per heavy atom. The topological polar surface area (TPSA) is 37.3 Å². The Kier molecular flexibility index (Phi) is 3.17. The molecule has 3 rings (SSSR count). The number of carbonyl (C=O) groups is 1. The number of hydrogen-bond donors (Lipinski definition) is 1. The molecule has 0 amide bonds. The lowest BCUT2D eigenvalue weighted by atomic mass is 9.72. The summed E-state index contributed by atoms with van der Waals surface area (Å²) in [5.74, 6) is -0.881. The van der Waals surface area contributed by atoms with E-state index in [1.165, 1.54) is 5.56 Å². The molecule has 0 saturated carbocycles. The number of rotatable bonds is 2. The first-order valence-corrected chi connectivity index (χ1v) is 7.13. The summed E-state index contributed by atoms with van der Waals surface area (Å²) in [6.45, 7) is 4.40. The monoisotopic (exact) mass is 278 g/mol. The van der Waals surface area contributed by atoms with Gasteiger partial charge in [-0.2, -0.15) is 0 Å². The molecule has 0 radical (unpaired) electrons. The molecule has 0 atom stereocenters. The third-order valence-electron chi connectivity index (χ3n) is 4.19. The minimum atomic E-state index is -0.881. The molecule has 0 heterocycles. The van der Waals surface area contributed by atoms with Crippen molar-refractivity contribution in [3.63, 3.8) is 0 Å². The van der Waals surface area contributed by atoms with Crippen LogP contribution in [0.3, 0.4) is 0 Å². The van der Waals surface area contributed by atoms with E-state index in [4.69, 9.17) is 0 Å². The van der Waals surface area contributed by atoms with Gasteiger partial charge in [0.05, 0.1) is 5.56 Å². The zero-order chi connectivity index (χ0) is 15.0. The number of hydrogen-bond acceptors (Lipinski definition) is 1. The van der Waals surface area contributed by atoms with E-state index >= 15 is 0 Å². The van der Waals surface area contributed by atoms with E-state index in [9.17, 15) is 9.90 Å². The van der Waals surface area contributed by atoms with Gasteiger partial charge in [-0.05, 0) is 46.2 Å². The molecule has 0 aliphatic heterocycles. The van der Waals surface area contributed by atoms with Gasteiger partial charge in [0.2, 0.25) is 0 Å². The summed E-state index contributed by atoms with van der Waals surface area (Å²) in [7, 11) is 0. The smallest absolute Gasteiger partial charge is 0.335 e. The van der Waals surface area contributed by atoms with Crippen LogP contribution in [0.25, 0.3) is 5.57 Å². The van der Waals surface area contributed by atoms with E-state index in [-0.39, 0.29) is 5.41 Å². The molecular weight excluding hydrogens is 260 g/mol. The van der Waals surface area contributed by atoms with Crippen molar-refractivity contribution in [2.75, 3.05) is 0 Å². The molecule has 1 aliphatic carbocycles. The predicted molar refractivity (Wildman–Crippen MR) is 84.6 cm³/mol. The van der Waals surface area contributed by atoms with E-state index < -0.39 is 5.97 Å². The van der Waals surface area contributed by atoms with Crippen LogP contribution in [0, 0.1) is 0 Å². The van der Waals surface area contributed by atoms with Crippen molar-refractivity contribution in [2.45, 2.75) is 25.7 Å². The Hall–Kier alpha value is -2.35. The highest BCUT2D eigenvalue weighted by Gasteiger charge is 2.29. The molecule has 0 aromatic heterocycles. The van der Waals surface area contributed by atoms with E-state index in [1.807, 2.05) is 24.3 Å². The minimum absolute atomic E-state index is 0.0324. The summed E-state index contributed by atoms with van der Waals surface area (Å²) in [6, 6.07) is 15.6. The quantitative estimate of drug-likeness (QED) is 0.878. The largest absolute Gasteiger partial charge is 0.478 e. The Balaban J connectivity index is 2.21. The fourth-order valence-electron chi connectivity index (χ4n) is 2.96. The summed E-state index contributed by atoms with van der Waals surface area (Å²) in [5, 5.41) is 9.25. The lowest BCUT2D eigenvalue weighted by Gasteiger charge is -2.32. The Morgan fingerprint density at radius 1 is 1.10 bits per heavy atom. The summed E-state index contributed by atoms with van der Waals surface area (Å²) in [5.41, 5.74) is 4.90. The van der Waals surface area contributed by atoms with Gasteiger partial charge >= 0.3 is 5.97 Å². The number of allylic oxidation sites excluding steroid dienone is 1. The van der Waals surface area contributed by atoms with Gasteiger partial charge in [-0.15, -0.1) is 0 Å². The van der Waals surface area contributed by atoms with E-state index in [0.29, 0.717) is 5.56 Å². The van der Waals surface area contributed by atoms with Crippen LogP contribution >= 0.6 is 0 Å². The first kappa shape index (κ1) is 13.6. The van der Waals surface area contributed by atoms with Crippen LogP contribution in [0.1, 0.15) is 47.3 Å². The van der Waals surface area contributed by atoms with Gasteiger partial charge in [-0.25, -0.2) is 4.79 Å². The molecule has 21 heavy (non-hydrogen) atoms. The van der Waals surface area contributed by atoms with Crippen LogP contribution in [-0.2, 0) is 5.41 Å². The highest BCUT2D eigenvalue weighted by molar-refractivity contribution is 5.91. The van der Waals surface area contributed by atoms with Crippen LogP contribution in [-0.4, -0.2) is 11.1 Å². The number of fused-ring (bicyclic) bond motifs is 1. The molecule has 1 N–H and O–H groups in total. The summed E-state index contributed by atoms with van der Waals surface area (Å²) < 4.78 is 0. The fourth-order valence-corrected chi connectivity index (χ4v) is 2.96. The lowest BCUT2D eigenvalue weighted by Crippen LogP contribution is -2.22. The van der Waals surface area contributed by atoms with E-state index in [2.05, 4.69) is 32.1 Å². The maximum atomic E-state index is 11.3. The molecule has 0 spiro atoms. The van der Waals surface area contributed by atoms with Gasteiger partial charge in [0.25, 0.3) is 0 Å². The molecule has 2 heteroatoms. The fraction of sp³-hybridized carbons (Fsp3) is 0.211. The first-order chi connectivity index (χ1) is 9.99. The molecular formula is C19H18O2. The van der Waals surface area contributed by atoms with Gasteiger partial charge < -0.3 is 5.11 Å². The van der Waals surface area contributed by atoms with Crippen molar-refractivity contribution in [3.05, 3.63) is 76.9 Å². The zero-order valence-corrected chi connectivity index (χ0v) is 12.3. The summed E-state index contributed by atoms with van der Waals surface area (Å²) in [6.07, 6.45) is 3.18. The second-order valence-electron chi connectivity index (χ2n) is 6.14. The van der Waals surface area contributed by atoms with Crippen LogP contribution in [0.2, 0.25) is 0 Å². The van der Waals surface area contributed by atoms with Crippen LogP contribution < -0.4 is 0 Å². The second-order valence-corrected chi connectivity index (χ2v) is 6.14. The highest BCUT2D eigenvalue weighted by Crippen LogP contribution is 2.41. The average molecular weight is 278 g/mol. The number of aromatic carboxylic acids is 1. The van der Waals surface area contributed by atoms with Crippen LogP contribution in [0.4, 0.5) is 0 Å².